The van der Waals surface area contributed by atoms with E-state index in [0.717, 1.165) is 38.7 Å². The van der Waals surface area contributed by atoms with Crippen molar-refractivity contribution in [3.63, 3.8) is 0 Å². The van der Waals surface area contributed by atoms with Crippen molar-refractivity contribution in [1.29, 1.82) is 0 Å². The molecule has 0 N–H and O–H groups in total. The van der Waals surface area contributed by atoms with Crippen LogP contribution in [0.25, 0.3) is 55.0 Å². The monoisotopic (exact) mass is 617 g/mol. The van der Waals surface area contributed by atoms with Crippen LogP contribution < -0.4 is 4.90 Å². The molecule has 1 heterocycles. The molecule has 1 aromatic heterocycles. The summed E-state index contributed by atoms with van der Waals surface area (Å²) in [6.07, 6.45) is 0. The van der Waals surface area contributed by atoms with Crippen LogP contribution in [0, 0.1) is 0 Å². The van der Waals surface area contributed by atoms with Gasteiger partial charge in [0.2, 0.25) is 0 Å². The third kappa shape index (κ3) is 3.52. The van der Waals surface area contributed by atoms with E-state index in [1.165, 1.54) is 55.6 Å². The fraction of sp³-hybridized carbons (Fsp3) is 0.130. The quantitative estimate of drug-likeness (QED) is 0.196. The molecular weight excluding hydrogens is 583 g/mol. The smallest absolute Gasteiger partial charge is 0.143 e. The molecule has 48 heavy (non-hydrogen) atoms. The Morgan fingerprint density at radius 1 is 0.479 bits per heavy atom. The van der Waals surface area contributed by atoms with E-state index in [-0.39, 0.29) is 10.8 Å². The van der Waals surface area contributed by atoms with Crippen molar-refractivity contribution in [1.82, 2.24) is 0 Å². The molecule has 10 rings (SSSR count). The molecule has 0 amide bonds. The van der Waals surface area contributed by atoms with Gasteiger partial charge in [0.15, 0.2) is 0 Å². The van der Waals surface area contributed by atoms with Gasteiger partial charge in [-0.3, -0.25) is 0 Å². The summed E-state index contributed by atoms with van der Waals surface area (Å²) in [4.78, 5) is 2.50. The van der Waals surface area contributed by atoms with Crippen LogP contribution in [-0.4, -0.2) is 0 Å². The van der Waals surface area contributed by atoms with Crippen LogP contribution in [0.5, 0.6) is 0 Å². The predicted molar refractivity (Wildman–Crippen MR) is 201 cm³/mol. The second kappa shape index (κ2) is 9.49. The van der Waals surface area contributed by atoms with Crippen molar-refractivity contribution in [2.75, 3.05) is 4.90 Å². The van der Waals surface area contributed by atoms with E-state index in [9.17, 15) is 0 Å². The number of anilines is 3. The van der Waals surface area contributed by atoms with E-state index in [1.54, 1.807) is 0 Å². The number of hydrogen-bond acceptors (Lipinski definition) is 2. The van der Waals surface area contributed by atoms with Crippen LogP contribution in [0.3, 0.4) is 0 Å². The highest BCUT2D eigenvalue weighted by Crippen LogP contribution is 2.56. The molecule has 230 valence electrons. The van der Waals surface area contributed by atoms with E-state index in [1.807, 2.05) is 0 Å². The zero-order valence-corrected chi connectivity index (χ0v) is 27.6. The Morgan fingerprint density at radius 3 is 1.98 bits per heavy atom. The fourth-order valence-electron chi connectivity index (χ4n) is 8.90. The number of fused-ring (bicyclic) bond motifs is 11. The third-order valence-corrected chi connectivity index (χ3v) is 11.3. The Balaban J connectivity index is 1.31. The maximum absolute atomic E-state index is 6.73. The molecule has 0 radical (unpaired) electrons. The fourth-order valence-corrected chi connectivity index (χ4v) is 8.90. The summed E-state index contributed by atoms with van der Waals surface area (Å²) >= 11 is 0. The third-order valence-electron chi connectivity index (χ3n) is 11.3. The first-order valence-corrected chi connectivity index (χ1v) is 16.9. The second-order valence-electron chi connectivity index (χ2n) is 14.5. The van der Waals surface area contributed by atoms with Gasteiger partial charge in [-0.2, -0.15) is 0 Å². The van der Waals surface area contributed by atoms with Gasteiger partial charge in [0.1, 0.15) is 11.2 Å². The highest BCUT2D eigenvalue weighted by molar-refractivity contribution is 6.20. The summed E-state index contributed by atoms with van der Waals surface area (Å²) in [5.74, 6) is 0. The number of furan rings is 1. The Morgan fingerprint density at radius 2 is 1.12 bits per heavy atom. The Kier molecular flexibility index (Phi) is 5.44. The van der Waals surface area contributed by atoms with Crippen LogP contribution in [0.1, 0.15) is 49.9 Å². The molecule has 8 aromatic rings. The average molecular weight is 618 g/mol. The lowest BCUT2D eigenvalue weighted by atomic mass is 9.82. The molecule has 0 aliphatic heterocycles. The summed E-state index contributed by atoms with van der Waals surface area (Å²) < 4.78 is 6.73. The van der Waals surface area contributed by atoms with E-state index in [4.69, 9.17) is 4.42 Å². The Labute approximate surface area is 280 Å². The zero-order valence-electron chi connectivity index (χ0n) is 27.6. The zero-order chi connectivity index (χ0) is 32.4. The molecule has 0 spiro atoms. The number of rotatable bonds is 3. The summed E-state index contributed by atoms with van der Waals surface area (Å²) in [5, 5.41) is 4.58. The summed E-state index contributed by atoms with van der Waals surface area (Å²) in [7, 11) is 0. The van der Waals surface area contributed by atoms with Gasteiger partial charge in [-0.1, -0.05) is 131 Å². The molecule has 2 nitrogen and oxygen atoms in total. The molecular formula is C46H35NO. The average Bonchev–Trinajstić information content (AvgIpc) is 3.69. The van der Waals surface area contributed by atoms with Crippen LogP contribution in [0.4, 0.5) is 17.1 Å². The first-order valence-electron chi connectivity index (χ1n) is 16.9. The van der Waals surface area contributed by atoms with E-state index in [2.05, 4.69) is 172 Å². The van der Waals surface area contributed by atoms with Crippen molar-refractivity contribution >= 4 is 49.8 Å². The van der Waals surface area contributed by atoms with Crippen LogP contribution >= 0.6 is 0 Å². The van der Waals surface area contributed by atoms with E-state index >= 15 is 0 Å². The van der Waals surface area contributed by atoms with Crippen LogP contribution in [0.2, 0.25) is 0 Å². The summed E-state index contributed by atoms with van der Waals surface area (Å²) in [6.45, 7) is 9.41. The van der Waals surface area contributed by atoms with E-state index < -0.39 is 0 Å². The number of benzene rings is 7. The van der Waals surface area contributed by atoms with Gasteiger partial charge in [-0.25, -0.2) is 0 Å². The maximum atomic E-state index is 6.73. The summed E-state index contributed by atoms with van der Waals surface area (Å²) in [6, 6.07) is 51.3. The Hall–Kier alpha value is -5.60. The van der Waals surface area contributed by atoms with Crippen molar-refractivity contribution in [3.8, 4) is 22.3 Å². The van der Waals surface area contributed by atoms with Crippen molar-refractivity contribution in [2.24, 2.45) is 0 Å². The normalized spacial score (nSPS) is 15.0. The minimum absolute atomic E-state index is 0.0614. The lowest BCUT2D eigenvalue weighted by Crippen LogP contribution is -2.16. The van der Waals surface area contributed by atoms with Gasteiger partial charge in [-0.05, 0) is 80.7 Å². The minimum atomic E-state index is -0.109. The van der Waals surface area contributed by atoms with Gasteiger partial charge < -0.3 is 9.32 Å². The first-order chi connectivity index (χ1) is 23.3. The molecule has 0 unspecified atom stereocenters. The summed E-state index contributed by atoms with van der Waals surface area (Å²) in [5.41, 5.74) is 15.8. The molecule has 0 saturated carbocycles. The van der Waals surface area contributed by atoms with Gasteiger partial charge in [0.05, 0.1) is 16.8 Å². The highest BCUT2D eigenvalue weighted by Gasteiger charge is 2.39. The van der Waals surface area contributed by atoms with Crippen molar-refractivity contribution in [3.05, 3.63) is 162 Å². The predicted octanol–water partition coefficient (Wildman–Crippen LogP) is 12.8. The van der Waals surface area contributed by atoms with Gasteiger partial charge >= 0.3 is 0 Å². The molecule has 2 aliphatic carbocycles. The van der Waals surface area contributed by atoms with Crippen LogP contribution in [-0.2, 0) is 10.8 Å². The second-order valence-corrected chi connectivity index (χ2v) is 14.5. The topological polar surface area (TPSA) is 16.4 Å². The van der Waals surface area contributed by atoms with Crippen LogP contribution in [0.15, 0.2) is 144 Å². The minimum Gasteiger partial charge on any atom is -0.455 e. The molecule has 0 saturated heterocycles. The standard InChI is InChI=1S/C46H35NO/c1-45(2)35-17-9-7-15-31(35)34-27-29(24-26-37(34)45)47(39-20-11-19-38-42(39)32-16-8-10-18-36(32)46(38,3)4)40-21-12-22-41-43(40)33-25-23-28-13-5-6-14-30(28)44(33)48-41/h5-27H,1-4H3. The lowest BCUT2D eigenvalue weighted by Gasteiger charge is -2.30. The van der Waals surface area contributed by atoms with Gasteiger partial charge in [0.25, 0.3) is 0 Å². The molecule has 0 bridgehead atoms. The van der Waals surface area contributed by atoms with Gasteiger partial charge in [-0.15, -0.1) is 0 Å². The lowest BCUT2D eigenvalue weighted by molar-refractivity contribution is 0.660. The Bertz CT molecular complexity index is 2630. The SMILES string of the molecule is CC1(C)c2ccccc2-c2cc(N(c3cccc4c3-c3ccccc3C4(C)C)c3cccc4oc5c6ccccc6ccc5c34)ccc21. The highest BCUT2D eigenvalue weighted by atomic mass is 16.3. The van der Waals surface area contributed by atoms with Crippen molar-refractivity contribution < 1.29 is 4.42 Å². The maximum Gasteiger partial charge on any atom is 0.143 e. The van der Waals surface area contributed by atoms with E-state index in [0.29, 0.717) is 0 Å². The molecule has 2 aliphatic rings. The molecule has 0 fully saturated rings. The molecule has 7 aromatic carbocycles. The van der Waals surface area contributed by atoms with Gasteiger partial charge in [0, 0.05) is 32.9 Å². The van der Waals surface area contributed by atoms with Crippen molar-refractivity contribution in [2.45, 2.75) is 38.5 Å². The molecule has 0 atom stereocenters. The first kappa shape index (κ1) is 27.5. The molecule has 2 heteroatoms. The number of nitrogens with zero attached hydrogens (tertiary/aromatic N) is 1. The largest absolute Gasteiger partial charge is 0.455 e. The number of hydrogen-bond donors (Lipinski definition) is 0.